The van der Waals surface area contributed by atoms with Crippen molar-refractivity contribution >= 4 is 28.1 Å². The van der Waals surface area contributed by atoms with Crippen LogP contribution in [-0.2, 0) is 6.54 Å². The fourth-order valence-electron chi connectivity index (χ4n) is 2.12. The molecular formula is C16H13N3S. The molecule has 0 fully saturated rings. The van der Waals surface area contributed by atoms with Gasteiger partial charge in [0.2, 0.25) is 0 Å². The van der Waals surface area contributed by atoms with Crippen LogP contribution in [0.15, 0.2) is 42.5 Å². The fourth-order valence-corrected chi connectivity index (χ4v) is 2.95. The number of benzene rings is 1. The number of fused-ring (bicyclic) bond motifs is 1. The first kappa shape index (κ1) is 12.6. The minimum atomic E-state index is 0.653. The van der Waals surface area contributed by atoms with Gasteiger partial charge in [-0.15, -0.1) is 11.3 Å². The van der Waals surface area contributed by atoms with Crippen molar-refractivity contribution in [3.63, 3.8) is 0 Å². The minimum Gasteiger partial charge on any atom is -0.365 e. The van der Waals surface area contributed by atoms with Crippen LogP contribution in [0.5, 0.6) is 0 Å². The molecule has 1 aromatic carbocycles. The Balaban J connectivity index is 1.90. The van der Waals surface area contributed by atoms with Crippen molar-refractivity contribution in [2.45, 2.75) is 13.5 Å². The summed E-state index contributed by atoms with van der Waals surface area (Å²) < 4.78 is 0. The zero-order chi connectivity index (χ0) is 13.9. The van der Waals surface area contributed by atoms with Gasteiger partial charge in [-0.25, -0.2) is 4.98 Å². The maximum absolute atomic E-state index is 9.25. The third kappa shape index (κ3) is 2.49. The molecule has 0 aliphatic rings. The second kappa shape index (κ2) is 5.32. The van der Waals surface area contributed by atoms with E-state index in [1.54, 1.807) is 11.3 Å². The first-order valence-corrected chi connectivity index (χ1v) is 7.17. The predicted molar refractivity (Wildman–Crippen MR) is 82.8 cm³/mol. The van der Waals surface area contributed by atoms with Crippen molar-refractivity contribution in [1.82, 2.24) is 4.98 Å². The summed E-state index contributed by atoms with van der Waals surface area (Å²) in [7, 11) is 0. The molecule has 0 amide bonds. The van der Waals surface area contributed by atoms with Gasteiger partial charge in [-0.2, -0.15) is 5.26 Å². The average molecular weight is 279 g/mol. The number of pyridine rings is 1. The Morgan fingerprint density at radius 2 is 2.10 bits per heavy atom. The highest BCUT2D eigenvalue weighted by molar-refractivity contribution is 7.11. The second-order valence-corrected chi connectivity index (χ2v) is 5.92. The van der Waals surface area contributed by atoms with Crippen LogP contribution < -0.4 is 5.32 Å². The largest absolute Gasteiger partial charge is 0.365 e. The lowest BCUT2D eigenvalue weighted by Gasteiger charge is -2.07. The molecule has 0 bridgehead atoms. The van der Waals surface area contributed by atoms with Gasteiger partial charge in [0.25, 0.3) is 0 Å². The summed E-state index contributed by atoms with van der Waals surface area (Å²) in [5, 5.41) is 13.4. The van der Waals surface area contributed by atoms with Crippen LogP contribution in [0.25, 0.3) is 10.9 Å². The molecule has 20 heavy (non-hydrogen) atoms. The molecule has 1 N–H and O–H groups in total. The molecule has 3 rings (SSSR count). The molecule has 0 unspecified atom stereocenters. The number of para-hydroxylation sites is 1. The maximum Gasteiger partial charge on any atom is 0.128 e. The number of anilines is 1. The third-order valence-corrected chi connectivity index (χ3v) is 4.08. The number of hydrogen-bond acceptors (Lipinski definition) is 4. The molecule has 0 saturated carbocycles. The van der Waals surface area contributed by atoms with E-state index in [1.807, 2.05) is 30.3 Å². The highest BCUT2D eigenvalue weighted by Gasteiger charge is 2.05. The molecule has 0 spiro atoms. The van der Waals surface area contributed by atoms with E-state index in [0.717, 1.165) is 23.3 Å². The number of nitrogens with zero attached hydrogens (tertiary/aromatic N) is 2. The van der Waals surface area contributed by atoms with E-state index in [9.17, 15) is 5.26 Å². The Morgan fingerprint density at radius 1 is 1.25 bits per heavy atom. The Hall–Kier alpha value is -2.38. The van der Waals surface area contributed by atoms with E-state index in [2.05, 4.69) is 35.4 Å². The number of aromatic nitrogens is 1. The summed E-state index contributed by atoms with van der Waals surface area (Å²) in [4.78, 5) is 7.11. The average Bonchev–Trinajstić information content (AvgIpc) is 2.90. The molecule has 0 aliphatic heterocycles. The second-order valence-electron chi connectivity index (χ2n) is 4.55. The number of hydrogen-bond donors (Lipinski definition) is 1. The van der Waals surface area contributed by atoms with E-state index in [4.69, 9.17) is 0 Å². The Labute approximate surface area is 121 Å². The van der Waals surface area contributed by atoms with E-state index in [1.165, 1.54) is 9.75 Å². The minimum absolute atomic E-state index is 0.653. The smallest absolute Gasteiger partial charge is 0.128 e. The Morgan fingerprint density at radius 3 is 2.85 bits per heavy atom. The van der Waals surface area contributed by atoms with Crippen molar-refractivity contribution in [2.75, 3.05) is 5.32 Å². The van der Waals surface area contributed by atoms with E-state index in [-0.39, 0.29) is 0 Å². The molecule has 0 aliphatic carbocycles. The lowest BCUT2D eigenvalue weighted by atomic mass is 10.1. The first-order valence-electron chi connectivity index (χ1n) is 6.35. The van der Waals surface area contributed by atoms with Crippen LogP contribution in [0.2, 0.25) is 0 Å². The van der Waals surface area contributed by atoms with Crippen LogP contribution in [0.3, 0.4) is 0 Å². The molecule has 3 aromatic rings. The summed E-state index contributed by atoms with van der Waals surface area (Å²) in [5.41, 5.74) is 1.50. The molecule has 0 atom stereocenters. The highest BCUT2D eigenvalue weighted by Crippen LogP contribution is 2.21. The van der Waals surface area contributed by atoms with Crippen LogP contribution in [-0.4, -0.2) is 4.98 Å². The van der Waals surface area contributed by atoms with Crippen molar-refractivity contribution < 1.29 is 0 Å². The summed E-state index contributed by atoms with van der Waals surface area (Å²) in [6.07, 6.45) is 0. The molecule has 98 valence electrons. The monoisotopic (exact) mass is 279 g/mol. The lowest BCUT2D eigenvalue weighted by Crippen LogP contribution is -2.00. The quantitative estimate of drug-likeness (QED) is 0.785. The van der Waals surface area contributed by atoms with Crippen LogP contribution in [0.1, 0.15) is 15.3 Å². The van der Waals surface area contributed by atoms with Gasteiger partial charge >= 0.3 is 0 Å². The van der Waals surface area contributed by atoms with Crippen LogP contribution >= 0.6 is 11.3 Å². The standard InChI is InChI=1S/C16H13N3S/c1-11-6-7-13(20-11)10-18-16-8-12(9-17)14-4-2-3-5-15(14)19-16/h2-8H,10H2,1H3,(H,18,19). The summed E-state index contributed by atoms with van der Waals surface area (Å²) in [5.74, 6) is 0.742. The van der Waals surface area contributed by atoms with E-state index >= 15 is 0 Å². The number of nitriles is 1. The van der Waals surface area contributed by atoms with Gasteiger partial charge in [0.15, 0.2) is 0 Å². The fraction of sp³-hybridized carbons (Fsp3) is 0.125. The molecule has 4 heteroatoms. The Kier molecular flexibility index (Phi) is 3.36. The number of rotatable bonds is 3. The van der Waals surface area contributed by atoms with Gasteiger partial charge in [-0.05, 0) is 31.2 Å². The zero-order valence-corrected chi connectivity index (χ0v) is 11.9. The predicted octanol–water partition coefficient (Wildman–Crippen LogP) is 4.09. The van der Waals surface area contributed by atoms with Crippen molar-refractivity contribution in [3.05, 3.63) is 57.8 Å². The third-order valence-electron chi connectivity index (χ3n) is 3.08. The molecule has 2 aromatic heterocycles. The lowest BCUT2D eigenvalue weighted by molar-refractivity contribution is 1.15. The zero-order valence-electron chi connectivity index (χ0n) is 11.1. The van der Waals surface area contributed by atoms with Gasteiger partial charge in [0.1, 0.15) is 5.82 Å². The van der Waals surface area contributed by atoms with Crippen LogP contribution in [0, 0.1) is 18.3 Å². The van der Waals surface area contributed by atoms with E-state index in [0.29, 0.717) is 5.56 Å². The van der Waals surface area contributed by atoms with Gasteiger partial charge in [-0.3, -0.25) is 0 Å². The van der Waals surface area contributed by atoms with Gasteiger partial charge in [-0.1, -0.05) is 18.2 Å². The Bertz CT molecular complexity index is 799. The summed E-state index contributed by atoms with van der Waals surface area (Å²) in [6, 6.07) is 16.0. The van der Waals surface area contributed by atoms with Gasteiger partial charge in [0.05, 0.1) is 23.7 Å². The van der Waals surface area contributed by atoms with Gasteiger partial charge in [0, 0.05) is 15.1 Å². The molecule has 0 saturated heterocycles. The van der Waals surface area contributed by atoms with Crippen LogP contribution in [0.4, 0.5) is 5.82 Å². The van der Waals surface area contributed by atoms with Crippen molar-refractivity contribution in [3.8, 4) is 6.07 Å². The number of nitrogens with one attached hydrogen (secondary N) is 1. The topological polar surface area (TPSA) is 48.7 Å². The first-order chi connectivity index (χ1) is 9.76. The van der Waals surface area contributed by atoms with Gasteiger partial charge < -0.3 is 5.32 Å². The normalized spacial score (nSPS) is 10.4. The molecule has 3 nitrogen and oxygen atoms in total. The van der Waals surface area contributed by atoms with E-state index < -0.39 is 0 Å². The van der Waals surface area contributed by atoms with Crippen molar-refractivity contribution in [1.29, 1.82) is 5.26 Å². The highest BCUT2D eigenvalue weighted by atomic mass is 32.1. The number of thiophene rings is 1. The molecule has 0 radical (unpaired) electrons. The van der Waals surface area contributed by atoms with Crippen molar-refractivity contribution in [2.24, 2.45) is 0 Å². The molecular weight excluding hydrogens is 266 g/mol. The maximum atomic E-state index is 9.25. The summed E-state index contributed by atoms with van der Waals surface area (Å²) >= 11 is 1.77. The molecule has 2 heterocycles. The SMILES string of the molecule is Cc1ccc(CNc2cc(C#N)c3ccccc3n2)s1. The number of aryl methyl sites for hydroxylation is 1. The summed E-state index contributed by atoms with van der Waals surface area (Å²) in [6.45, 7) is 2.82.